The third-order valence-corrected chi connectivity index (χ3v) is 5.03. The molecule has 2 unspecified atom stereocenters. The van der Waals surface area contributed by atoms with E-state index in [0.717, 1.165) is 25.0 Å². The van der Waals surface area contributed by atoms with E-state index < -0.39 is 0 Å². The van der Waals surface area contributed by atoms with Gasteiger partial charge >= 0.3 is 0 Å². The van der Waals surface area contributed by atoms with Gasteiger partial charge in [-0.25, -0.2) is 4.98 Å². The smallest absolute Gasteiger partial charge is 0.254 e. The van der Waals surface area contributed by atoms with E-state index in [1.165, 1.54) is 0 Å². The molecule has 1 amide bonds. The van der Waals surface area contributed by atoms with Crippen molar-refractivity contribution in [3.63, 3.8) is 0 Å². The van der Waals surface area contributed by atoms with Gasteiger partial charge in [-0.3, -0.25) is 4.79 Å². The number of pyridine rings is 1. The zero-order valence-electron chi connectivity index (χ0n) is 10.7. The lowest BCUT2D eigenvalue weighted by molar-refractivity contribution is 0.0938. The van der Waals surface area contributed by atoms with Gasteiger partial charge in [-0.15, -0.1) is 0 Å². The summed E-state index contributed by atoms with van der Waals surface area (Å²) in [6.45, 7) is 2.14. The van der Waals surface area contributed by atoms with Gasteiger partial charge in [0.1, 0.15) is 10.3 Å². The Kier molecular flexibility index (Phi) is 5.37. The number of aromatic nitrogens is 1. The molecule has 0 aliphatic heterocycles. The first kappa shape index (κ1) is 14.9. The van der Waals surface area contributed by atoms with Crippen molar-refractivity contribution in [2.75, 3.05) is 5.75 Å². The molecule has 1 heterocycles. The van der Waals surface area contributed by atoms with Gasteiger partial charge in [0.25, 0.3) is 5.91 Å². The van der Waals surface area contributed by atoms with Crippen molar-refractivity contribution in [2.24, 2.45) is 0 Å². The van der Waals surface area contributed by atoms with Gasteiger partial charge in [-0.05, 0) is 30.7 Å². The number of hydrogen-bond acceptors (Lipinski definition) is 3. The first-order valence-corrected chi connectivity index (χ1v) is 8.16. The fourth-order valence-electron chi connectivity index (χ4n) is 2.33. The fourth-order valence-corrected chi connectivity index (χ4v) is 3.96. The zero-order chi connectivity index (χ0) is 13.8. The summed E-state index contributed by atoms with van der Waals surface area (Å²) in [5, 5.41) is 4.02. The Labute approximate surface area is 127 Å². The highest BCUT2D eigenvalue weighted by Gasteiger charge is 2.29. The Balaban J connectivity index is 2.04. The van der Waals surface area contributed by atoms with E-state index in [9.17, 15) is 4.79 Å². The molecule has 1 saturated carbocycles. The molecule has 1 aromatic rings. The van der Waals surface area contributed by atoms with Gasteiger partial charge < -0.3 is 5.32 Å². The van der Waals surface area contributed by atoms with Crippen molar-refractivity contribution in [3.05, 3.63) is 28.0 Å². The summed E-state index contributed by atoms with van der Waals surface area (Å²) >= 11 is 13.6. The normalized spacial score (nSPS) is 22.5. The number of nitrogens with one attached hydrogen (secondary N) is 1. The summed E-state index contributed by atoms with van der Waals surface area (Å²) in [4.78, 5) is 16.1. The third kappa shape index (κ3) is 3.77. The summed E-state index contributed by atoms with van der Waals surface area (Å²) in [7, 11) is 0. The summed E-state index contributed by atoms with van der Waals surface area (Å²) < 4.78 is 0. The van der Waals surface area contributed by atoms with Crippen LogP contribution < -0.4 is 5.32 Å². The van der Waals surface area contributed by atoms with Crippen molar-refractivity contribution in [3.8, 4) is 0 Å². The van der Waals surface area contributed by atoms with E-state index >= 15 is 0 Å². The molecule has 1 aliphatic carbocycles. The van der Waals surface area contributed by atoms with E-state index in [0.29, 0.717) is 16.0 Å². The Morgan fingerprint density at radius 1 is 1.47 bits per heavy atom. The monoisotopic (exact) mass is 318 g/mol. The molecule has 1 fully saturated rings. The summed E-state index contributed by atoms with van der Waals surface area (Å²) in [5.74, 6) is 0.906. The number of nitrogens with zero attached hydrogens (tertiary/aromatic N) is 1. The molecule has 0 aromatic carbocycles. The van der Waals surface area contributed by atoms with Gasteiger partial charge in [0.15, 0.2) is 0 Å². The van der Waals surface area contributed by atoms with E-state index in [4.69, 9.17) is 23.2 Å². The minimum absolute atomic E-state index is 0.155. The molecular weight excluding hydrogens is 303 g/mol. The van der Waals surface area contributed by atoms with Gasteiger partial charge in [0.2, 0.25) is 0 Å². The molecule has 0 saturated heterocycles. The van der Waals surface area contributed by atoms with Crippen LogP contribution in [0.2, 0.25) is 10.3 Å². The maximum atomic E-state index is 12.2. The van der Waals surface area contributed by atoms with Gasteiger partial charge in [-0.1, -0.05) is 36.5 Å². The average Bonchev–Trinajstić information content (AvgIpc) is 2.77. The molecule has 1 N–H and O–H groups in total. The Morgan fingerprint density at radius 3 is 2.95 bits per heavy atom. The second-order valence-corrected chi connectivity index (χ2v) is 6.74. The quantitative estimate of drug-likeness (QED) is 0.859. The van der Waals surface area contributed by atoms with Crippen LogP contribution in [0, 0.1) is 0 Å². The maximum absolute atomic E-state index is 12.2. The van der Waals surface area contributed by atoms with Crippen LogP contribution in [-0.4, -0.2) is 27.9 Å². The predicted molar refractivity (Wildman–Crippen MR) is 81.3 cm³/mol. The van der Waals surface area contributed by atoms with E-state index in [1.807, 2.05) is 11.8 Å². The molecule has 1 aliphatic rings. The first-order valence-electron chi connectivity index (χ1n) is 6.36. The number of carbonyl (C=O) groups is 1. The summed E-state index contributed by atoms with van der Waals surface area (Å²) in [5.41, 5.74) is 0.387. The number of amides is 1. The topological polar surface area (TPSA) is 42.0 Å². The van der Waals surface area contributed by atoms with Crippen LogP contribution in [0.4, 0.5) is 0 Å². The standard InChI is InChI=1S/C13H16Cl2N2OS/c1-2-19-10-5-3-4-9(10)16-13(18)8-6-7-11(14)17-12(8)15/h6-7,9-10H,2-5H2,1H3,(H,16,18). The van der Waals surface area contributed by atoms with Crippen LogP contribution in [0.1, 0.15) is 36.5 Å². The maximum Gasteiger partial charge on any atom is 0.254 e. The molecular formula is C13H16Cl2N2OS. The number of carbonyl (C=O) groups excluding carboxylic acids is 1. The highest BCUT2D eigenvalue weighted by Crippen LogP contribution is 2.30. The molecule has 2 rings (SSSR count). The lowest BCUT2D eigenvalue weighted by Crippen LogP contribution is -2.39. The van der Waals surface area contributed by atoms with Crippen LogP contribution in [0.15, 0.2) is 12.1 Å². The molecule has 6 heteroatoms. The molecule has 0 spiro atoms. The predicted octanol–water partition coefficient (Wildman–Crippen LogP) is 3.79. The van der Waals surface area contributed by atoms with Crippen LogP contribution in [0.25, 0.3) is 0 Å². The van der Waals surface area contributed by atoms with Gasteiger partial charge in [0.05, 0.1) is 5.56 Å². The number of thioether (sulfide) groups is 1. The van der Waals surface area contributed by atoms with Crippen LogP contribution in [-0.2, 0) is 0 Å². The molecule has 2 atom stereocenters. The minimum atomic E-state index is -0.164. The Hall–Kier alpha value is -0.450. The lowest BCUT2D eigenvalue weighted by atomic mass is 10.2. The van der Waals surface area contributed by atoms with Crippen LogP contribution in [0.5, 0.6) is 0 Å². The molecule has 19 heavy (non-hydrogen) atoms. The Bertz CT molecular complexity index is 470. The highest BCUT2D eigenvalue weighted by atomic mass is 35.5. The van der Waals surface area contributed by atoms with Gasteiger partial charge in [0, 0.05) is 11.3 Å². The van der Waals surface area contributed by atoms with Crippen molar-refractivity contribution in [2.45, 2.75) is 37.5 Å². The molecule has 0 radical (unpaired) electrons. The van der Waals surface area contributed by atoms with Gasteiger partial charge in [-0.2, -0.15) is 11.8 Å². The highest BCUT2D eigenvalue weighted by molar-refractivity contribution is 7.99. The zero-order valence-corrected chi connectivity index (χ0v) is 13.0. The second kappa shape index (κ2) is 6.82. The van der Waals surface area contributed by atoms with Crippen molar-refractivity contribution < 1.29 is 4.79 Å². The lowest BCUT2D eigenvalue weighted by Gasteiger charge is -2.20. The molecule has 104 valence electrons. The Morgan fingerprint density at radius 2 is 2.26 bits per heavy atom. The third-order valence-electron chi connectivity index (χ3n) is 3.21. The largest absolute Gasteiger partial charge is 0.348 e. The molecule has 1 aromatic heterocycles. The number of hydrogen-bond donors (Lipinski definition) is 1. The average molecular weight is 319 g/mol. The van der Waals surface area contributed by atoms with E-state index in [1.54, 1.807) is 12.1 Å². The van der Waals surface area contributed by atoms with Crippen molar-refractivity contribution in [1.82, 2.24) is 10.3 Å². The molecule has 0 bridgehead atoms. The first-order chi connectivity index (χ1) is 9.11. The number of rotatable bonds is 4. The van der Waals surface area contributed by atoms with E-state index in [-0.39, 0.29) is 17.1 Å². The van der Waals surface area contributed by atoms with Crippen LogP contribution >= 0.6 is 35.0 Å². The van der Waals surface area contributed by atoms with E-state index in [2.05, 4.69) is 17.2 Å². The molecule has 3 nitrogen and oxygen atoms in total. The fraction of sp³-hybridized carbons (Fsp3) is 0.538. The summed E-state index contributed by atoms with van der Waals surface area (Å²) in [6, 6.07) is 3.42. The van der Waals surface area contributed by atoms with Crippen molar-refractivity contribution >= 4 is 40.9 Å². The van der Waals surface area contributed by atoms with Crippen molar-refractivity contribution in [1.29, 1.82) is 0 Å². The number of halogens is 2. The second-order valence-electron chi connectivity index (χ2n) is 4.48. The summed E-state index contributed by atoms with van der Waals surface area (Å²) in [6.07, 6.45) is 3.35. The minimum Gasteiger partial charge on any atom is -0.348 e. The van der Waals surface area contributed by atoms with Crippen LogP contribution in [0.3, 0.4) is 0 Å². The SMILES string of the molecule is CCSC1CCCC1NC(=O)c1ccc(Cl)nc1Cl.